The summed E-state index contributed by atoms with van der Waals surface area (Å²) in [7, 11) is 2.11. The van der Waals surface area contributed by atoms with E-state index in [4.69, 9.17) is 0 Å². The third-order valence-corrected chi connectivity index (χ3v) is 3.63. The van der Waals surface area contributed by atoms with Crippen LogP contribution in [-0.4, -0.2) is 28.7 Å². The number of aromatic nitrogens is 2. The lowest BCUT2D eigenvalue weighted by atomic mass is 9.97. The van der Waals surface area contributed by atoms with Gasteiger partial charge in [-0.2, -0.15) is 0 Å². The molecule has 1 aliphatic rings. The van der Waals surface area contributed by atoms with Gasteiger partial charge in [-0.05, 0) is 30.0 Å². The van der Waals surface area contributed by atoms with Crippen molar-refractivity contribution in [2.24, 2.45) is 0 Å². The molecule has 0 radical (unpaired) electrons. The minimum atomic E-state index is -0.703. The van der Waals surface area contributed by atoms with Crippen molar-refractivity contribution < 1.29 is 5.11 Å². The molecule has 3 rings (SSSR count). The topological polar surface area (TPSA) is 49.2 Å². The maximum absolute atomic E-state index is 10.3. The van der Waals surface area contributed by atoms with Gasteiger partial charge in [0.15, 0.2) is 0 Å². The maximum atomic E-state index is 10.3. The molecule has 1 unspecified atom stereocenters. The molecule has 1 aromatic carbocycles. The summed E-state index contributed by atoms with van der Waals surface area (Å²) in [6, 6.07) is 6.15. The second kappa shape index (κ2) is 4.97. The molecular formula is C15H17N3O. The van der Waals surface area contributed by atoms with Crippen molar-refractivity contribution >= 4 is 5.69 Å². The lowest BCUT2D eigenvalue weighted by Crippen LogP contribution is -2.24. The number of aliphatic hydroxyl groups is 1. The first-order valence-electron chi connectivity index (χ1n) is 6.53. The zero-order valence-electron chi connectivity index (χ0n) is 11.0. The van der Waals surface area contributed by atoms with Crippen LogP contribution in [0.5, 0.6) is 0 Å². The number of hydrogen-bond acceptors (Lipinski definition) is 4. The lowest BCUT2D eigenvalue weighted by molar-refractivity contribution is 0.214. The van der Waals surface area contributed by atoms with E-state index < -0.39 is 6.10 Å². The number of anilines is 1. The van der Waals surface area contributed by atoms with E-state index in [1.165, 1.54) is 11.3 Å². The average Bonchev–Trinajstić information content (AvgIpc) is 2.47. The number of hydrogen-bond donors (Lipinski definition) is 1. The second-order valence-electron chi connectivity index (χ2n) is 4.95. The lowest BCUT2D eigenvalue weighted by Gasteiger charge is -2.28. The van der Waals surface area contributed by atoms with Crippen LogP contribution in [0.15, 0.2) is 36.8 Å². The Morgan fingerprint density at radius 3 is 3.00 bits per heavy atom. The predicted molar refractivity (Wildman–Crippen MR) is 74.1 cm³/mol. The van der Waals surface area contributed by atoms with Gasteiger partial charge in [0.2, 0.25) is 0 Å². The van der Waals surface area contributed by atoms with Crippen LogP contribution in [-0.2, 0) is 6.42 Å². The molecule has 0 saturated heterocycles. The van der Waals surface area contributed by atoms with Crippen molar-refractivity contribution in [3.05, 3.63) is 53.6 Å². The minimum Gasteiger partial charge on any atom is -0.382 e. The smallest absolute Gasteiger partial charge is 0.123 e. The van der Waals surface area contributed by atoms with Crippen molar-refractivity contribution in [3.63, 3.8) is 0 Å². The Bertz CT molecular complexity index is 571. The standard InChI is InChI=1S/C15H17N3O/c1-18-8-2-3-11-9-12(4-5-14(11)18)15(19)13-10-16-6-7-17-13/h4-7,9-10,15,19H,2-3,8H2,1H3. The van der Waals surface area contributed by atoms with E-state index in [1.54, 1.807) is 18.6 Å². The summed E-state index contributed by atoms with van der Waals surface area (Å²) < 4.78 is 0. The molecule has 4 heteroatoms. The summed E-state index contributed by atoms with van der Waals surface area (Å²) >= 11 is 0. The first-order chi connectivity index (χ1) is 9.25. The van der Waals surface area contributed by atoms with Gasteiger partial charge in [0, 0.05) is 31.7 Å². The molecule has 19 heavy (non-hydrogen) atoms. The molecule has 1 aliphatic heterocycles. The van der Waals surface area contributed by atoms with E-state index in [9.17, 15) is 5.11 Å². The van der Waals surface area contributed by atoms with Gasteiger partial charge in [-0.25, -0.2) is 0 Å². The second-order valence-corrected chi connectivity index (χ2v) is 4.95. The fourth-order valence-electron chi connectivity index (χ4n) is 2.60. The summed E-state index contributed by atoms with van der Waals surface area (Å²) in [6.45, 7) is 1.10. The Morgan fingerprint density at radius 2 is 2.21 bits per heavy atom. The van der Waals surface area contributed by atoms with Crippen molar-refractivity contribution in [3.8, 4) is 0 Å². The largest absolute Gasteiger partial charge is 0.382 e. The monoisotopic (exact) mass is 255 g/mol. The number of rotatable bonds is 2. The minimum absolute atomic E-state index is 0.589. The van der Waals surface area contributed by atoms with Crippen LogP contribution in [0.25, 0.3) is 0 Å². The van der Waals surface area contributed by atoms with Crippen LogP contribution in [0.1, 0.15) is 29.3 Å². The fraction of sp³-hybridized carbons (Fsp3) is 0.333. The molecule has 2 heterocycles. The van der Waals surface area contributed by atoms with Crippen LogP contribution in [0.3, 0.4) is 0 Å². The Labute approximate surface area is 112 Å². The van der Waals surface area contributed by atoms with E-state index >= 15 is 0 Å². The van der Waals surface area contributed by atoms with Crippen molar-refractivity contribution in [1.29, 1.82) is 0 Å². The van der Waals surface area contributed by atoms with E-state index in [2.05, 4.69) is 34.0 Å². The highest BCUT2D eigenvalue weighted by atomic mass is 16.3. The predicted octanol–water partition coefficient (Wildman–Crippen LogP) is 1.94. The molecule has 0 amide bonds. The first kappa shape index (κ1) is 12.1. The van der Waals surface area contributed by atoms with Crippen molar-refractivity contribution in [1.82, 2.24) is 9.97 Å². The van der Waals surface area contributed by atoms with Crippen LogP contribution in [0.2, 0.25) is 0 Å². The Morgan fingerprint density at radius 1 is 1.32 bits per heavy atom. The highest BCUT2D eigenvalue weighted by molar-refractivity contribution is 5.56. The highest BCUT2D eigenvalue weighted by Crippen LogP contribution is 2.30. The molecule has 0 aliphatic carbocycles. The third-order valence-electron chi connectivity index (χ3n) is 3.63. The molecule has 0 spiro atoms. The Hall–Kier alpha value is -1.94. The molecule has 0 bridgehead atoms. The average molecular weight is 255 g/mol. The first-order valence-corrected chi connectivity index (χ1v) is 6.53. The molecular weight excluding hydrogens is 238 g/mol. The van der Waals surface area contributed by atoms with Crippen LogP contribution in [0, 0.1) is 0 Å². The molecule has 98 valence electrons. The zero-order chi connectivity index (χ0) is 13.2. The highest BCUT2D eigenvalue weighted by Gasteiger charge is 2.17. The molecule has 2 aromatic rings. The summed E-state index contributed by atoms with van der Waals surface area (Å²) in [5, 5.41) is 10.3. The van der Waals surface area contributed by atoms with E-state index in [0.717, 1.165) is 24.9 Å². The summed E-state index contributed by atoms with van der Waals surface area (Å²) in [4.78, 5) is 10.4. The Kier molecular flexibility index (Phi) is 3.17. The van der Waals surface area contributed by atoms with Gasteiger partial charge < -0.3 is 10.0 Å². The fourth-order valence-corrected chi connectivity index (χ4v) is 2.60. The van der Waals surface area contributed by atoms with Gasteiger partial charge in [0.1, 0.15) is 6.10 Å². The van der Waals surface area contributed by atoms with Gasteiger partial charge in [-0.15, -0.1) is 0 Å². The van der Waals surface area contributed by atoms with E-state index in [0.29, 0.717) is 5.69 Å². The Balaban J connectivity index is 1.94. The number of fused-ring (bicyclic) bond motifs is 1. The molecule has 0 saturated carbocycles. The van der Waals surface area contributed by atoms with Crippen molar-refractivity contribution in [2.45, 2.75) is 18.9 Å². The molecule has 1 N–H and O–H groups in total. The number of nitrogens with zero attached hydrogens (tertiary/aromatic N) is 3. The number of aliphatic hydroxyl groups excluding tert-OH is 1. The van der Waals surface area contributed by atoms with Gasteiger partial charge in [-0.3, -0.25) is 9.97 Å². The maximum Gasteiger partial charge on any atom is 0.123 e. The van der Waals surface area contributed by atoms with Crippen LogP contribution >= 0.6 is 0 Å². The van der Waals surface area contributed by atoms with E-state index in [-0.39, 0.29) is 0 Å². The summed E-state index contributed by atoms with van der Waals surface area (Å²) in [5.41, 5.74) is 4.04. The molecule has 4 nitrogen and oxygen atoms in total. The quantitative estimate of drug-likeness (QED) is 0.891. The third kappa shape index (κ3) is 2.31. The van der Waals surface area contributed by atoms with Gasteiger partial charge >= 0.3 is 0 Å². The zero-order valence-corrected chi connectivity index (χ0v) is 11.0. The van der Waals surface area contributed by atoms with Crippen LogP contribution in [0.4, 0.5) is 5.69 Å². The SMILES string of the molecule is CN1CCCc2cc(C(O)c3cnccn3)ccc21. The normalized spacial score (nSPS) is 16.0. The van der Waals surface area contributed by atoms with Crippen molar-refractivity contribution in [2.75, 3.05) is 18.5 Å². The van der Waals surface area contributed by atoms with Gasteiger partial charge in [0.25, 0.3) is 0 Å². The summed E-state index contributed by atoms with van der Waals surface area (Å²) in [6.07, 6.45) is 6.35. The number of aryl methyl sites for hydroxylation is 1. The van der Waals surface area contributed by atoms with Gasteiger partial charge in [0.05, 0.1) is 11.9 Å². The molecule has 1 aromatic heterocycles. The van der Waals surface area contributed by atoms with Crippen LogP contribution < -0.4 is 4.90 Å². The molecule has 0 fully saturated rings. The van der Waals surface area contributed by atoms with E-state index in [1.807, 2.05) is 6.07 Å². The molecule has 1 atom stereocenters. The number of benzene rings is 1. The summed E-state index contributed by atoms with van der Waals surface area (Å²) in [5.74, 6) is 0. The van der Waals surface area contributed by atoms with Gasteiger partial charge in [-0.1, -0.05) is 12.1 Å².